The van der Waals surface area contributed by atoms with Crippen LogP contribution < -0.4 is 0 Å². The van der Waals surface area contributed by atoms with Crippen LogP contribution in [-0.4, -0.2) is 34.4 Å². The predicted molar refractivity (Wildman–Crippen MR) is 72.4 cm³/mol. The summed E-state index contributed by atoms with van der Waals surface area (Å²) in [4.78, 5) is 14.0. The molecule has 2 aliphatic heterocycles. The first-order valence-electron chi connectivity index (χ1n) is 6.26. The van der Waals surface area contributed by atoms with Gasteiger partial charge in [0, 0.05) is 30.8 Å². The zero-order valence-electron chi connectivity index (χ0n) is 10.3. The topological polar surface area (TPSA) is 29.5 Å². The Morgan fingerprint density at radius 2 is 2.17 bits per heavy atom. The second-order valence-corrected chi connectivity index (χ2v) is 6.15. The molecular weight excluding hydrogens is 294 g/mol. The second-order valence-electron chi connectivity index (χ2n) is 5.09. The number of nitrogens with zero attached hydrogens (tertiary/aromatic N) is 1. The van der Waals surface area contributed by atoms with Crippen molar-refractivity contribution in [3.63, 3.8) is 0 Å². The van der Waals surface area contributed by atoms with Crippen molar-refractivity contribution in [3.05, 3.63) is 35.9 Å². The molecular formula is C14H16BrNO2. The molecule has 1 saturated carbocycles. The van der Waals surface area contributed by atoms with Crippen molar-refractivity contribution in [1.82, 2.24) is 4.90 Å². The number of fused-ring (bicyclic) bond motifs is 1. The minimum atomic E-state index is -0.170. The first-order chi connectivity index (χ1) is 8.66. The minimum Gasteiger partial charge on any atom is -0.460 e. The molecule has 3 aliphatic rings. The average molecular weight is 310 g/mol. The van der Waals surface area contributed by atoms with Gasteiger partial charge < -0.3 is 4.74 Å². The Morgan fingerprint density at radius 1 is 1.44 bits per heavy atom. The molecule has 0 amide bonds. The van der Waals surface area contributed by atoms with Crippen molar-refractivity contribution >= 4 is 21.9 Å². The number of carbonyl (C=O) groups is 1. The molecule has 4 rings (SSSR count). The van der Waals surface area contributed by atoms with Crippen molar-refractivity contribution in [2.75, 3.05) is 6.54 Å². The zero-order valence-corrected chi connectivity index (χ0v) is 11.8. The van der Waals surface area contributed by atoms with E-state index in [1.54, 1.807) is 0 Å². The monoisotopic (exact) mass is 309 g/mol. The van der Waals surface area contributed by atoms with E-state index < -0.39 is 0 Å². The summed E-state index contributed by atoms with van der Waals surface area (Å²) in [6.45, 7) is 3.43. The third kappa shape index (κ3) is 1.97. The molecule has 2 heterocycles. The van der Waals surface area contributed by atoms with Crippen LogP contribution in [0.3, 0.4) is 0 Å². The molecule has 4 heteroatoms. The van der Waals surface area contributed by atoms with Gasteiger partial charge in [-0.1, -0.05) is 46.3 Å². The molecule has 1 aromatic carbocycles. The van der Waals surface area contributed by atoms with Crippen molar-refractivity contribution in [2.45, 2.75) is 30.4 Å². The Bertz CT molecular complexity index is 450. The number of carbonyl (C=O) groups excluding carboxylic acids is 1. The van der Waals surface area contributed by atoms with Crippen LogP contribution in [0.5, 0.6) is 0 Å². The van der Waals surface area contributed by atoms with E-state index in [0.29, 0.717) is 16.8 Å². The fraction of sp³-hybridized carbons (Fsp3) is 0.500. The lowest BCUT2D eigenvalue weighted by atomic mass is 9.82. The quantitative estimate of drug-likeness (QED) is 0.633. The number of hydrogen-bond donors (Lipinski definition) is 0. The maximum Gasteiger partial charge on any atom is 0.302 e. The summed E-state index contributed by atoms with van der Waals surface area (Å²) in [6.07, 6.45) is 0.0792. The summed E-state index contributed by atoms with van der Waals surface area (Å²) >= 11 is 3.70. The first kappa shape index (κ1) is 12.2. The molecule has 96 valence electrons. The SMILES string of the molecule is CC(=O)OC1C2CN(Cc3ccccc3)C1C2Br. The molecule has 4 unspecified atom stereocenters. The molecule has 0 radical (unpaired) electrons. The Hall–Kier alpha value is -0.870. The minimum absolute atomic E-state index is 0.0792. The van der Waals surface area contributed by atoms with Crippen molar-refractivity contribution in [2.24, 2.45) is 5.92 Å². The van der Waals surface area contributed by atoms with E-state index in [2.05, 4.69) is 45.1 Å². The molecule has 3 fully saturated rings. The van der Waals surface area contributed by atoms with E-state index in [4.69, 9.17) is 4.74 Å². The van der Waals surface area contributed by atoms with Gasteiger partial charge in [0.2, 0.25) is 0 Å². The Balaban J connectivity index is 1.68. The number of hydrogen-bond acceptors (Lipinski definition) is 3. The number of rotatable bonds is 3. The van der Waals surface area contributed by atoms with E-state index in [-0.39, 0.29) is 12.1 Å². The highest BCUT2D eigenvalue weighted by molar-refractivity contribution is 9.09. The lowest BCUT2D eigenvalue weighted by Gasteiger charge is -2.40. The summed E-state index contributed by atoms with van der Waals surface area (Å²) in [5.41, 5.74) is 1.31. The summed E-state index contributed by atoms with van der Waals surface area (Å²) in [6, 6.07) is 10.8. The highest BCUT2D eigenvalue weighted by atomic mass is 79.9. The molecule has 0 N–H and O–H groups in total. The third-order valence-electron chi connectivity index (χ3n) is 3.89. The molecule has 4 atom stereocenters. The Labute approximate surface area is 115 Å². The van der Waals surface area contributed by atoms with E-state index in [1.807, 2.05) is 6.07 Å². The number of alkyl halides is 1. The molecule has 18 heavy (non-hydrogen) atoms. The summed E-state index contributed by atoms with van der Waals surface area (Å²) in [5.74, 6) is 0.276. The Morgan fingerprint density at radius 3 is 2.83 bits per heavy atom. The molecule has 2 bridgehead atoms. The third-order valence-corrected chi connectivity index (χ3v) is 5.11. The van der Waals surface area contributed by atoms with Crippen LogP contribution in [0.1, 0.15) is 12.5 Å². The van der Waals surface area contributed by atoms with Crippen LogP contribution in [0.15, 0.2) is 30.3 Å². The van der Waals surface area contributed by atoms with Crippen LogP contribution in [0.2, 0.25) is 0 Å². The predicted octanol–water partition coefficient (Wildman–Crippen LogP) is 2.20. The standard InChI is InChI=1S/C14H16BrNO2/c1-9(17)18-14-11-8-16(13(14)12(11)15)7-10-5-3-2-4-6-10/h2-6,11-14H,7-8H2,1H3. The van der Waals surface area contributed by atoms with Crippen LogP contribution in [0, 0.1) is 5.92 Å². The van der Waals surface area contributed by atoms with E-state index in [0.717, 1.165) is 13.1 Å². The molecule has 0 aromatic heterocycles. The molecule has 1 aliphatic carbocycles. The fourth-order valence-electron chi connectivity index (χ4n) is 3.07. The summed E-state index contributed by atoms with van der Waals surface area (Å²) in [5, 5.41) is 0. The van der Waals surface area contributed by atoms with Gasteiger partial charge in [0.1, 0.15) is 6.10 Å². The molecule has 0 spiro atoms. The zero-order chi connectivity index (χ0) is 12.7. The number of benzene rings is 1. The van der Waals surface area contributed by atoms with Gasteiger partial charge >= 0.3 is 5.97 Å². The average Bonchev–Trinajstić information content (AvgIpc) is 2.85. The highest BCUT2D eigenvalue weighted by Crippen LogP contribution is 2.48. The maximum absolute atomic E-state index is 11.1. The molecule has 3 nitrogen and oxygen atoms in total. The van der Waals surface area contributed by atoms with Gasteiger partial charge in [-0.3, -0.25) is 9.69 Å². The number of halogens is 1. The van der Waals surface area contributed by atoms with E-state index >= 15 is 0 Å². The van der Waals surface area contributed by atoms with Crippen LogP contribution in [-0.2, 0) is 16.1 Å². The summed E-state index contributed by atoms with van der Waals surface area (Å²) < 4.78 is 5.40. The van der Waals surface area contributed by atoms with Gasteiger partial charge in [-0.2, -0.15) is 0 Å². The second kappa shape index (κ2) is 4.67. The molecule has 1 aromatic rings. The van der Waals surface area contributed by atoms with Crippen LogP contribution in [0.25, 0.3) is 0 Å². The molecule has 2 saturated heterocycles. The lowest BCUT2D eigenvalue weighted by molar-refractivity contribution is -0.154. The van der Waals surface area contributed by atoms with Crippen molar-refractivity contribution < 1.29 is 9.53 Å². The van der Waals surface area contributed by atoms with Gasteiger partial charge in [0.25, 0.3) is 0 Å². The van der Waals surface area contributed by atoms with Crippen molar-refractivity contribution in [1.29, 1.82) is 0 Å². The maximum atomic E-state index is 11.1. The van der Waals surface area contributed by atoms with Crippen LogP contribution in [0.4, 0.5) is 0 Å². The smallest absolute Gasteiger partial charge is 0.302 e. The van der Waals surface area contributed by atoms with E-state index in [1.165, 1.54) is 12.5 Å². The van der Waals surface area contributed by atoms with Gasteiger partial charge in [0.05, 0.1) is 6.04 Å². The summed E-state index contributed by atoms with van der Waals surface area (Å²) in [7, 11) is 0. The fourth-order valence-corrected chi connectivity index (χ4v) is 4.17. The highest BCUT2D eigenvalue weighted by Gasteiger charge is 2.60. The Kier molecular flexibility index (Phi) is 3.16. The van der Waals surface area contributed by atoms with Crippen LogP contribution >= 0.6 is 15.9 Å². The van der Waals surface area contributed by atoms with Crippen molar-refractivity contribution in [3.8, 4) is 0 Å². The normalized spacial score (nSPS) is 34.1. The van der Waals surface area contributed by atoms with Gasteiger partial charge in [-0.15, -0.1) is 0 Å². The van der Waals surface area contributed by atoms with Gasteiger partial charge in [-0.25, -0.2) is 0 Å². The lowest BCUT2D eigenvalue weighted by Crippen LogP contribution is -2.55. The first-order valence-corrected chi connectivity index (χ1v) is 7.17. The largest absolute Gasteiger partial charge is 0.460 e. The van der Waals surface area contributed by atoms with Gasteiger partial charge in [0.15, 0.2) is 0 Å². The number of esters is 1. The van der Waals surface area contributed by atoms with E-state index in [9.17, 15) is 4.79 Å². The number of ether oxygens (including phenoxy) is 1. The van der Waals surface area contributed by atoms with Gasteiger partial charge in [-0.05, 0) is 5.56 Å².